The van der Waals surface area contributed by atoms with Crippen LogP contribution in [0.2, 0.25) is 0 Å². The number of nitrogens with one attached hydrogen (secondary N) is 2. The minimum Gasteiger partial charge on any atom is -0.369 e. The van der Waals surface area contributed by atoms with E-state index in [9.17, 15) is 4.79 Å². The number of aryl methyl sites for hydroxylation is 1. The van der Waals surface area contributed by atoms with Gasteiger partial charge in [-0.05, 0) is 66.4 Å². The molecule has 8 heteroatoms. The second-order valence-electron chi connectivity index (χ2n) is 6.67. The SMILES string of the molecule is CCN(CCNC(=O)c1cnc2cc([125I])ccc2n1)CCNc1cccc(C)n1. The lowest BCUT2D eigenvalue weighted by Gasteiger charge is -2.20. The van der Waals surface area contributed by atoms with Crippen molar-refractivity contribution in [1.82, 2.24) is 25.2 Å². The molecule has 0 saturated heterocycles. The van der Waals surface area contributed by atoms with Crippen LogP contribution in [-0.2, 0) is 0 Å². The Kier molecular flexibility index (Phi) is 7.70. The van der Waals surface area contributed by atoms with E-state index in [1.807, 2.05) is 43.3 Å². The van der Waals surface area contributed by atoms with Gasteiger partial charge in [0.15, 0.2) is 0 Å². The largest absolute Gasteiger partial charge is 0.369 e. The molecule has 0 radical (unpaired) electrons. The number of nitrogens with zero attached hydrogens (tertiary/aromatic N) is 4. The van der Waals surface area contributed by atoms with Gasteiger partial charge in [-0.1, -0.05) is 13.0 Å². The van der Waals surface area contributed by atoms with E-state index in [1.165, 1.54) is 6.20 Å². The summed E-state index contributed by atoms with van der Waals surface area (Å²) in [5.41, 5.74) is 2.86. The molecule has 152 valence electrons. The molecule has 0 saturated carbocycles. The smallest absolute Gasteiger partial charge is 0.271 e. The minimum atomic E-state index is -0.198. The van der Waals surface area contributed by atoms with Crippen LogP contribution in [0.1, 0.15) is 23.1 Å². The lowest BCUT2D eigenvalue weighted by molar-refractivity contribution is 0.0944. The van der Waals surface area contributed by atoms with Crippen LogP contribution in [0.4, 0.5) is 5.82 Å². The summed E-state index contributed by atoms with van der Waals surface area (Å²) >= 11 is 2.23. The first-order valence-electron chi connectivity index (χ1n) is 9.65. The van der Waals surface area contributed by atoms with Gasteiger partial charge in [-0.2, -0.15) is 0 Å². The van der Waals surface area contributed by atoms with Crippen LogP contribution < -0.4 is 10.6 Å². The number of amides is 1. The number of hydrogen-bond acceptors (Lipinski definition) is 6. The lowest BCUT2D eigenvalue weighted by Crippen LogP contribution is -2.37. The molecule has 2 aromatic heterocycles. The zero-order chi connectivity index (χ0) is 20.6. The molecule has 0 aliphatic rings. The molecular weight excluding hydrogens is 477 g/mol. The van der Waals surface area contributed by atoms with Gasteiger partial charge in [0.05, 0.1) is 17.2 Å². The Hall–Kier alpha value is -2.33. The van der Waals surface area contributed by atoms with E-state index in [0.717, 1.165) is 52.3 Å². The highest BCUT2D eigenvalue weighted by atomic mass is 125. The third-order valence-electron chi connectivity index (χ3n) is 4.52. The van der Waals surface area contributed by atoms with Crippen molar-refractivity contribution in [1.29, 1.82) is 0 Å². The molecule has 7 nitrogen and oxygen atoms in total. The highest BCUT2D eigenvalue weighted by Gasteiger charge is 2.10. The van der Waals surface area contributed by atoms with Crippen LogP contribution >= 0.6 is 22.6 Å². The van der Waals surface area contributed by atoms with Crippen molar-refractivity contribution in [3.05, 3.63) is 57.6 Å². The van der Waals surface area contributed by atoms with Gasteiger partial charge in [-0.15, -0.1) is 0 Å². The van der Waals surface area contributed by atoms with E-state index in [-0.39, 0.29) is 5.91 Å². The highest BCUT2D eigenvalue weighted by Crippen LogP contribution is 2.13. The van der Waals surface area contributed by atoms with E-state index >= 15 is 0 Å². The van der Waals surface area contributed by atoms with Crippen molar-refractivity contribution < 1.29 is 4.79 Å². The summed E-state index contributed by atoms with van der Waals surface area (Å²) in [5, 5.41) is 6.28. The molecule has 0 atom stereocenters. The van der Waals surface area contributed by atoms with E-state index in [0.29, 0.717) is 12.2 Å². The number of carbonyl (C=O) groups excluding carboxylic acids is 1. The summed E-state index contributed by atoms with van der Waals surface area (Å²) in [4.78, 5) is 27.9. The second-order valence-corrected chi connectivity index (χ2v) is 7.92. The van der Waals surface area contributed by atoms with Crippen LogP contribution in [0.3, 0.4) is 0 Å². The number of likely N-dealkylation sites (N-methyl/N-ethyl adjacent to an activating group) is 1. The zero-order valence-electron chi connectivity index (χ0n) is 16.7. The molecule has 1 amide bonds. The third kappa shape index (κ3) is 6.33. The van der Waals surface area contributed by atoms with Gasteiger partial charge >= 0.3 is 0 Å². The Morgan fingerprint density at radius 2 is 1.93 bits per heavy atom. The highest BCUT2D eigenvalue weighted by molar-refractivity contribution is 14.1. The van der Waals surface area contributed by atoms with Gasteiger partial charge in [0, 0.05) is 35.4 Å². The van der Waals surface area contributed by atoms with Crippen molar-refractivity contribution >= 4 is 45.3 Å². The van der Waals surface area contributed by atoms with E-state index < -0.39 is 0 Å². The summed E-state index contributed by atoms with van der Waals surface area (Å²) in [6.45, 7) is 8.00. The summed E-state index contributed by atoms with van der Waals surface area (Å²) in [5.74, 6) is 0.690. The van der Waals surface area contributed by atoms with Crippen LogP contribution in [0.25, 0.3) is 11.0 Å². The monoisotopic (exact) mass is 502 g/mol. The number of hydrogen-bond donors (Lipinski definition) is 2. The first-order chi connectivity index (χ1) is 14.0. The molecule has 0 unspecified atom stereocenters. The normalized spacial score (nSPS) is 11.0. The van der Waals surface area contributed by atoms with Gasteiger partial charge < -0.3 is 15.5 Å². The number of benzene rings is 1. The number of fused-ring (bicyclic) bond motifs is 1. The molecule has 0 fully saturated rings. The predicted octanol–water partition coefficient (Wildman–Crippen LogP) is 3.10. The number of carbonyl (C=O) groups is 1. The molecule has 0 spiro atoms. The Morgan fingerprint density at radius 3 is 2.72 bits per heavy atom. The Labute approximate surface area is 184 Å². The van der Waals surface area contributed by atoms with Crippen LogP contribution in [0.5, 0.6) is 0 Å². The Bertz CT molecular complexity index is 980. The molecule has 0 aliphatic heterocycles. The molecule has 0 bridgehead atoms. The minimum absolute atomic E-state index is 0.198. The van der Waals surface area contributed by atoms with Gasteiger partial charge in [-0.3, -0.25) is 9.78 Å². The average molecular weight is 502 g/mol. The third-order valence-corrected chi connectivity index (χ3v) is 5.19. The van der Waals surface area contributed by atoms with E-state index in [2.05, 4.69) is 60.0 Å². The van der Waals surface area contributed by atoms with E-state index in [4.69, 9.17) is 0 Å². The first-order valence-corrected chi connectivity index (χ1v) is 10.7. The van der Waals surface area contributed by atoms with Gasteiger partial charge in [0.25, 0.3) is 5.91 Å². The summed E-state index contributed by atoms with van der Waals surface area (Å²) in [7, 11) is 0. The van der Waals surface area contributed by atoms with Crippen molar-refractivity contribution in [2.45, 2.75) is 13.8 Å². The van der Waals surface area contributed by atoms with E-state index in [1.54, 1.807) is 0 Å². The molecular formula is C21H25IN6O. The molecule has 29 heavy (non-hydrogen) atoms. The lowest BCUT2D eigenvalue weighted by atomic mass is 10.3. The zero-order valence-corrected chi connectivity index (χ0v) is 18.8. The molecule has 3 rings (SSSR count). The fourth-order valence-electron chi connectivity index (χ4n) is 2.92. The molecule has 3 aromatic rings. The maximum absolute atomic E-state index is 12.4. The maximum Gasteiger partial charge on any atom is 0.271 e. The van der Waals surface area contributed by atoms with Gasteiger partial charge in [-0.25, -0.2) is 9.97 Å². The fraction of sp³-hybridized carbons (Fsp3) is 0.333. The number of anilines is 1. The fourth-order valence-corrected chi connectivity index (χ4v) is 3.40. The van der Waals surface area contributed by atoms with Gasteiger partial charge in [0.2, 0.25) is 0 Å². The molecule has 2 heterocycles. The van der Waals surface area contributed by atoms with Crippen molar-refractivity contribution in [3.63, 3.8) is 0 Å². The molecule has 2 N–H and O–H groups in total. The summed E-state index contributed by atoms with van der Waals surface area (Å²) < 4.78 is 1.09. The van der Waals surface area contributed by atoms with Crippen LogP contribution in [0.15, 0.2) is 42.6 Å². The molecule has 1 aromatic carbocycles. The van der Waals surface area contributed by atoms with Crippen LogP contribution in [-0.4, -0.2) is 58.5 Å². The maximum atomic E-state index is 12.4. The topological polar surface area (TPSA) is 83.0 Å². The Balaban J connectivity index is 1.45. The first kappa shape index (κ1) is 21.4. The quantitative estimate of drug-likeness (QED) is 0.438. The Morgan fingerprint density at radius 1 is 1.10 bits per heavy atom. The average Bonchev–Trinajstić information content (AvgIpc) is 2.72. The molecule has 0 aliphatic carbocycles. The van der Waals surface area contributed by atoms with Crippen molar-refractivity contribution in [2.75, 3.05) is 38.0 Å². The van der Waals surface area contributed by atoms with Crippen LogP contribution in [0, 0.1) is 10.5 Å². The number of aromatic nitrogens is 3. The number of pyridine rings is 1. The number of rotatable bonds is 9. The summed E-state index contributed by atoms with van der Waals surface area (Å²) in [6.07, 6.45) is 1.53. The summed E-state index contributed by atoms with van der Waals surface area (Å²) in [6, 6.07) is 11.7. The predicted molar refractivity (Wildman–Crippen MR) is 124 cm³/mol. The van der Waals surface area contributed by atoms with Crippen molar-refractivity contribution in [3.8, 4) is 0 Å². The number of halogens is 1. The second kappa shape index (κ2) is 10.4. The van der Waals surface area contributed by atoms with Crippen molar-refractivity contribution in [2.24, 2.45) is 0 Å². The standard InChI is InChI=1S/C21H25IN6O/c1-3-28(11-9-23-20-6-4-5-15(2)26-20)12-10-24-21(29)19-14-25-18-13-16(22)7-8-17(18)27-19/h4-8,13-14H,3,9-12H2,1-2H3,(H,23,26)(H,24,29)/i22-2. The van der Waals surface area contributed by atoms with Gasteiger partial charge in [0.1, 0.15) is 11.5 Å².